The zero-order valence-corrected chi connectivity index (χ0v) is 11.3. The molecule has 2 rings (SSSR count). The summed E-state index contributed by atoms with van der Waals surface area (Å²) < 4.78 is 0. The molecule has 0 saturated carbocycles. The second-order valence-electron chi connectivity index (χ2n) is 4.89. The molecule has 2 aromatic rings. The van der Waals surface area contributed by atoms with Crippen molar-refractivity contribution in [3.63, 3.8) is 0 Å². The lowest BCUT2D eigenvalue weighted by Crippen LogP contribution is -2.44. The Labute approximate surface area is 124 Å². The first kappa shape index (κ1) is 15.5. The molecule has 0 aliphatic carbocycles. The van der Waals surface area contributed by atoms with Crippen molar-refractivity contribution in [3.8, 4) is 0 Å². The largest absolute Gasteiger partial charge is 0.792 e. The highest BCUT2D eigenvalue weighted by atomic mass is 16.4. The Kier molecular flexibility index (Phi) is 4.13. The third-order valence-corrected chi connectivity index (χ3v) is 3.37. The van der Waals surface area contributed by atoms with Crippen molar-refractivity contribution in [2.75, 3.05) is 0 Å². The number of carbonyl (C=O) groups is 2. The average molecular weight is 305 g/mol. The zero-order valence-electron chi connectivity index (χ0n) is 11.3. The number of hydrogen-bond acceptors (Lipinski definition) is 5. The number of benzene rings is 1. The number of fused-ring (bicyclic) bond motifs is 1. The molecule has 0 saturated heterocycles. The molecule has 8 heteroatoms. The number of nitrogens with one attached hydrogen (secondary N) is 1. The van der Waals surface area contributed by atoms with E-state index in [1.54, 1.807) is 24.3 Å². The third kappa shape index (κ3) is 2.91. The first-order valence-corrected chi connectivity index (χ1v) is 6.30. The van der Waals surface area contributed by atoms with Crippen molar-refractivity contribution in [1.82, 2.24) is 4.98 Å². The molecular weight excluding hydrogens is 292 g/mol. The van der Waals surface area contributed by atoms with Gasteiger partial charge in [0.25, 0.3) is 0 Å². The van der Waals surface area contributed by atoms with Crippen LogP contribution in [0.4, 0.5) is 0 Å². The molecular formula is C14H13N2O6-. The molecule has 1 unspecified atom stereocenters. The topological polar surface area (TPSA) is 146 Å². The number of aromatic amines is 1. The molecule has 1 atom stereocenters. The number of aliphatic carboxylic acids is 2. The van der Waals surface area contributed by atoms with Gasteiger partial charge in [-0.1, -0.05) is 18.2 Å². The van der Waals surface area contributed by atoms with Gasteiger partial charge in [-0.25, -0.2) is 9.59 Å². The molecule has 0 aliphatic rings. The van der Waals surface area contributed by atoms with Gasteiger partial charge in [0, 0.05) is 29.9 Å². The van der Waals surface area contributed by atoms with E-state index in [0.717, 1.165) is 5.52 Å². The molecule has 1 heterocycles. The highest BCUT2D eigenvalue weighted by Gasteiger charge is 2.39. The Hall–Kier alpha value is -2.87. The maximum absolute atomic E-state index is 11.3. The van der Waals surface area contributed by atoms with E-state index in [9.17, 15) is 25.0 Å². The summed E-state index contributed by atoms with van der Waals surface area (Å²) in [7, 11) is 0. The fraction of sp³-hybridized carbons (Fsp3) is 0.214. The van der Waals surface area contributed by atoms with E-state index in [1.807, 2.05) is 0 Å². The van der Waals surface area contributed by atoms with Gasteiger partial charge in [-0.05, 0) is 11.6 Å². The highest BCUT2D eigenvalue weighted by molar-refractivity contribution is 6.36. The summed E-state index contributed by atoms with van der Waals surface area (Å²) in [6.07, 6.45) is 0.284. The predicted octanol–water partition coefficient (Wildman–Crippen LogP) is 0.940. The molecule has 8 nitrogen and oxygen atoms in total. The van der Waals surface area contributed by atoms with Crippen LogP contribution < -0.4 is 0 Å². The summed E-state index contributed by atoms with van der Waals surface area (Å²) in [5, 5.41) is 41.7. The number of aliphatic hydroxyl groups is 1. The summed E-state index contributed by atoms with van der Waals surface area (Å²) in [6.45, 7) is 0. The summed E-state index contributed by atoms with van der Waals surface area (Å²) in [4.78, 5) is 25.1. The first-order valence-electron chi connectivity index (χ1n) is 6.30. The van der Waals surface area contributed by atoms with Crippen LogP contribution in [0.25, 0.3) is 10.9 Å². The maximum Gasteiger partial charge on any atom is 0.349 e. The number of para-hydroxylation sites is 1. The Balaban J connectivity index is 2.36. The number of rotatable bonds is 6. The van der Waals surface area contributed by atoms with Crippen molar-refractivity contribution in [2.24, 2.45) is 5.16 Å². The van der Waals surface area contributed by atoms with E-state index in [4.69, 9.17) is 5.11 Å². The summed E-state index contributed by atoms with van der Waals surface area (Å²) in [5.74, 6) is -3.28. The van der Waals surface area contributed by atoms with E-state index in [0.29, 0.717) is 10.9 Å². The van der Waals surface area contributed by atoms with Gasteiger partial charge in [0.2, 0.25) is 0 Å². The van der Waals surface area contributed by atoms with Crippen LogP contribution in [0.1, 0.15) is 12.0 Å². The maximum atomic E-state index is 11.3. The number of H-pyrrole nitrogens is 1. The second-order valence-corrected chi connectivity index (χ2v) is 4.89. The molecule has 4 N–H and O–H groups in total. The van der Waals surface area contributed by atoms with Gasteiger partial charge in [0.15, 0.2) is 5.60 Å². The SMILES string of the molecule is O=C(O)C(CC(O)(Cc1c[nH]c2ccccc12)C(=O)O)=N[O-]. The van der Waals surface area contributed by atoms with E-state index in [-0.39, 0.29) is 6.42 Å². The Morgan fingerprint density at radius 1 is 1.27 bits per heavy atom. The molecule has 0 fully saturated rings. The zero-order chi connectivity index (χ0) is 16.3. The van der Waals surface area contributed by atoms with E-state index < -0.39 is 29.7 Å². The van der Waals surface area contributed by atoms with Gasteiger partial charge >= 0.3 is 11.9 Å². The quantitative estimate of drug-likeness (QED) is 0.461. The molecule has 22 heavy (non-hydrogen) atoms. The second kappa shape index (κ2) is 5.86. The molecule has 1 aromatic heterocycles. The molecule has 116 valence electrons. The molecule has 0 spiro atoms. The fourth-order valence-corrected chi connectivity index (χ4v) is 2.23. The Morgan fingerprint density at radius 3 is 2.55 bits per heavy atom. The number of nitrogens with zero attached hydrogens (tertiary/aromatic N) is 1. The van der Waals surface area contributed by atoms with Crippen LogP contribution >= 0.6 is 0 Å². The van der Waals surface area contributed by atoms with Crippen LogP contribution in [0.5, 0.6) is 0 Å². The van der Waals surface area contributed by atoms with E-state index >= 15 is 0 Å². The minimum absolute atomic E-state index is 0.362. The number of aromatic nitrogens is 1. The van der Waals surface area contributed by atoms with Crippen LogP contribution in [0.2, 0.25) is 0 Å². The van der Waals surface area contributed by atoms with E-state index in [2.05, 4.69) is 10.1 Å². The summed E-state index contributed by atoms with van der Waals surface area (Å²) in [6, 6.07) is 7.06. The smallest absolute Gasteiger partial charge is 0.349 e. The van der Waals surface area contributed by atoms with Crippen molar-refractivity contribution < 1.29 is 24.9 Å². The molecule has 0 bridgehead atoms. The normalized spacial score (nSPS) is 14.7. The third-order valence-electron chi connectivity index (χ3n) is 3.37. The average Bonchev–Trinajstić information content (AvgIpc) is 2.87. The van der Waals surface area contributed by atoms with Crippen LogP contribution in [-0.4, -0.2) is 43.6 Å². The standard InChI is InChI=1S/C14H14N2O6/c17-12(18)11(16-22)6-14(21,13(19)20)5-8-7-15-10-4-2-1-3-9(8)10/h1-4,7,15,21-22H,5-6H2,(H,17,18)(H,19,20)/p-1. The van der Waals surface area contributed by atoms with Crippen molar-refractivity contribution in [2.45, 2.75) is 18.4 Å². The van der Waals surface area contributed by atoms with Crippen molar-refractivity contribution >= 4 is 28.6 Å². The Bertz CT molecular complexity index is 751. The van der Waals surface area contributed by atoms with Crippen LogP contribution in [0.3, 0.4) is 0 Å². The molecule has 1 aromatic carbocycles. The van der Waals surface area contributed by atoms with Gasteiger partial charge in [-0.3, -0.25) is 0 Å². The van der Waals surface area contributed by atoms with Gasteiger partial charge in [-0.2, -0.15) is 0 Å². The molecule has 0 radical (unpaired) electrons. The minimum atomic E-state index is -2.44. The molecule has 0 amide bonds. The fourth-order valence-electron chi connectivity index (χ4n) is 2.23. The molecule has 0 aliphatic heterocycles. The number of hydrogen-bond donors (Lipinski definition) is 4. The van der Waals surface area contributed by atoms with Gasteiger partial charge in [-0.15, -0.1) is 0 Å². The summed E-state index contributed by atoms with van der Waals surface area (Å²) in [5.41, 5.74) is -2.13. The minimum Gasteiger partial charge on any atom is -0.792 e. The lowest BCUT2D eigenvalue weighted by Gasteiger charge is -2.23. The van der Waals surface area contributed by atoms with Crippen LogP contribution in [0, 0.1) is 5.21 Å². The lowest BCUT2D eigenvalue weighted by atomic mass is 9.89. The van der Waals surface area contributed by atoms with Crippen molar-refractivity contribution in [1.29, 1.82) is 0 Å². The lowest BCUT2D eigenvalue weighted by molar-refractivity contribution is -0.157. The van der Waals surface area contributed by atoms with Crippen LogP contribution in [-0.2, 0) is 16.0 Å². The van der Waals surface area contributed by atoms with Gasteiger partial charge < -0.3 is 30.7 Å². The number of carboxylic acid groups (broad SMARTS) is 2. The van der Waals surface area contributed by atoms with Gasteiger partial charge in [0.05, 0.1) is 0 Å². The predicted molar refractivity (Wildman–Crippen MR) is 77.6 cm³/mol. The highest BCUT2D eigenvalue weighted by Crippen LogP contribution is 2.25. The van der Waals surface area contributed by atoms with E-state index in [1.165, 1.54) is 6.20 Å². The van der Waals surface area contributed by atoms with Crippen LogP contribution in [0.15, 0.2) is 35.6 Å². The monoisotopic (exact) mass is 305 g/mol. The van der Waals surface area contributed by atoms with Crippen molar-refractivity contribution in [3.05, 3.63) is 41.2 Å². The Morgan fingerprint density at radius 2 is 1.95 bits per heavy atom. The first-order chi connectivity index (χ1) is 10.4. The van der Waals surface area contributed by atoms with Gasteiger partial charge in [0.1, 0.15) is 5.71 Å². The summed E-state index contributed by atoms with van der Waals surface area (Å²) >= 11 is 0. The number of carboxylic acids is 2.